The second kappa shape index (κ2) is 10.4. The van der Waals surface area contributed by atoms with Crippen LogP contribution < -0.4 is 10.1 Å². The van der Waals surface area contributed by atoms with Crippen molar-refractivity contribution in [1.29, 1.82) is 0 Å². The number of benzene rings is 1. The van der Waals surface area contributed by atoms with Crippen LogP contribution in [0, 0.1) is 0 Å². The molecule has 1 aromatic rings. The maximum absolute atomic E-state index is 11.4. The van der Waals surface area contributed by atoms with Crippen LogP contribution in [0.5, 0.6) is 5.75 Å². The molecule has 0 unspecified atom stereocenters. The highest BCUT2D eigenvalue weighted by molar-refractivity contribution is 5.76. The Morgan fingerprint density at radius 2 is 1.91 bits per heavy atom. The maximum atomic E-state index is 11.4. The van der Waals surface area contributed by atoms with E-state index in [4.69, 9.17) is 9.84 Å². The summed E-state index contributed by atoms with van der Waals surface area (Å²) in [6.45, 7) is 0.610. The predicted molar refractivity (Wildman–Crippen MR) is 85.8 cm³/mol. The van der Waals surface area contributed by atoms with Crippen LogP contribution in [0.25, 0.3) is 6.08 Å². The van der Waals surface area contributed by atoms with E-state index in [1.54, 1.807) is 7.11 Å². The summed E-state index contributed by atoms with van der Waals surface area (Å²) in [5.74, 6) is -0.111. The number of carbonyl (C=O) groups is 2. The van der Waals surface area contributed by atoms with Gasteiger partial charge in [0.1, 0.15) is 5.75 Å². The summed E-state index contributed by atoms with van der Waals surface area (Å²) in [4.78, 5) is 21.7. The lowest BCUT2D eigenvalue weighted by molar-refractivity contribution is -0.137. The number of carbonyl (C=O) groups excluding carboxylic acids is 1. The van der Waals surface area contributed by atoms with Gasteiger partial charge < -0.3 is 15.2 Å². The smallest absolute Gasteiger partial charge is 0.303 e. The van der Waals surface area contributed by atoms with Gasteiger partial charge in [-0.15, -0.1) is 0 Å². The monoisotopic (exact) mass is 305 g/mol. The molecule has 0 saturated carbocycles. The SMILES string of the molecule is COc1ccc(/C=C\CCCNC(=O)CCCC(=O)O)cc1. The van der Waals surface area contributed by atoms with Crippen LogP contribution in [0.3, 0.4) is 0 Å². The zero-order chi connectivity index (χ0) is 16.2. The molecule has 22 heavy (non-hydrogen) atoms. The summed E-state index contributed by atoms with van der Waals surface area (Å²) in [6.07, 6.45) is 6.54. The highest BCUT2D eigenvalue weighted by Crippen LogP contribution is 2.12. The average Bonchev–Trinajstić information content (AvgIpc) is 2.51. The molecule has 0 aliphatic rings. The van der Waals surface area contributed by atoms with Gasteiger partial charge in [0, 0.05) is 19.4 Å². The maximum Gasteiger partial charge on any atom is 0.303 e. The first kappa shape index (κ1) is 17.8. The molecule has 0 aliphatic carbocycles. The number of methoxy groups -OCH3 is 1. The lowest BCUT2D eigenvalue weighted by atomic mass is 10.2. The highest BCUT2D eigenvalue weighted by Gasteiger charge is 2.02. The zero-order valence-corrected chi connectivity index (χ0v) is 12.9. The fraction of sp³-hybridized carbons (Fsp3) is 0.412. The molecule has 1 rings (SSSR count). The molecule has 0 saturated heterocycles. The van der Waals surface area contributed by atoms with Crippen molar-refractivity contribution in [2.75, 3.05) is 13.7 Å². The Morgan fingerprint density at radius 3 is 2.55 bits per heavy atom. The number of hydrogen-bond donors (Lipinski definition) is 2. The number of rotatable bonds is 10. The molecule has 0 fully saturated rings. The van der Waals surface area contributed by atoms with Crippen molar-refractivity contribution in [3.8, 4) is 5.75 Å². The minimum atomic E-state index is -0.864. The topological polar surface area (TPSA) is 75.6 Å². The van der Waals surface area contributed by atoms with E-state index in [-0.39, 0.29) is 18.7 Å². The molecule has 5 heteroatoms. The van der Waals surface area contributed by atoms with Crippen molar-refractivity contribution >= 4 is 18.0 Å². The summed E-state index contributed by atoms with van der Waals surface area (Å²) >= 11 is 0. The lowest BCUT2D eigenvalue weighted by Crippen LogP contribution is -2.24. The number of carboxylic acid groups (broad SMARTS) is 1. The largest absolute Gasteiger partial charge is 0.497 e. The van der Waals surface area contributed by atoms with Gasteiger partial charge in [0.2, 0.25) is 5.91 Å². The quantitative estimate of drug-likeness (QED) is 0.652. The molecule has 0 spiro atoms. The molecule has 1 aromatic carbocycles. The third-order valence-corrected chi connectivity index (χ3v) is 3.09. The fourth-order valence-corrected chi connectivity index (χ4v) is 1.87. The van der Waals surface area contributed by atoms with Gasteiger partial charge in [-0.2, -0.15) is 0 Å². The highest BCUT2D eigenvalue weighted by atomic mass is 16.5. The van der Waals surface area contributed by atoms with Crippen LogP contribution in [0.4, 0.5) is 0 Å². The van der Waals surface area contributed by atoms with E-state index in [0.29, 0.717) is 13.0 Å². The number of nitrogens with one attached hydrogen (secondary N) is 1. The van der Waals surface area contributed by atoms with Gasteiger partial charge in [-0.3, -0.25) is 9.59 Å². The number of hydrogen-bond acceptors (Lipinski definition) is 3. The molecule has 0 aliphatic heterocycles. The van der Waals surface area contributed by atoms with Crippen LogP contribution in [0.2, 0.25) is 0 Å². The lowest BCUT2D eigenvalue weighted by Gasteiger charge is -2.03. The van der Waals surface area contributed by atoms with E-state index < -0.39 is 5.97 Å². The van der Waals surface area contributed by atoms with Gasteiger partial charge in [0.25, 0.3) is 0 Å². The third kappa shape index (κ3) is 8.09. The second-order valence-electron chi connectivity index (χ2n) is 4.92. The van der Waals surface area contributed by atoms with Crippen molar-refractivity contribution in [2.45, 2.75) is 32.1 Å². The molecule has 0 heterocycles. The Hall–Kier alpha value is -2.30. The first-order chi connectivity index (χ1) is 10.6. The van der Waals surface area contributed by atoms with E-state index in [1.165, 1.54) is 0 Å². The van der Waals surface area contributed by atoms with Gasteiger partial charge in [0.05, 0.1) is 7.11 Å². The fourth-order valence-electron chi connectivity index (χ4n) is 1.87. The van der Waals surface area contributed by atoms with E-state index in [0.717, 1.165) is 24.2 Å². The van der Waals surface area contributed by atoms with Crippen molar-refractivity contribution in [2.24, 2.45) is 0 Å². The van der Waals surface area contributed by atoms with Gasteiger partial charge >= 0.3 is 5.97 Å². The minimum Gasteiger partial charge on any atom is -0.497 e. The van der Waals surface area contributed by atoms with Crippen molar-refractivity contribution in [3.05, 3.63) is 35.9 Å². The molecule has 120 valence electrons. The summed E-state index contributed by atoms with van der Waals surface area (Å²) in [5, 5.41) is 11.3. The summed E-state index contributed by atoms with van der Waals surface area (Å²) in [6, 6.07) is 7.80. The van der Waals surface area contributed by atoms with Gasteiger partial charge in [-0.1, -0.05) is 24.3 Å². The number of unbranched alkanes of at least 4 members (excludes halogenated alkanes) is 1. The summed E-state index contributed by atoms with van der Waals surface area (Å²) in [5.41, 5.74) is 1.11. The van der Waals surface area contributed by atoms with Crippen LogP contribution in [0.15, 0.2) is 30.3 Å². The van der Waals surface area contributed by atoms with Crippen LogP contribution in [0.1, 0.15) is 37.7 Å². The van der Waals surface area contributed by atoms with Crippen LogP contribution in [-0.4, -0.2) is 30.6 Å². The van der Waals surface area contributed by atoms with Gasteiger partial charge in [0.15, 0.2) is 0 Å². The standard InChI is InChI=1S/C17H23NO4/c1-22-15-11-9-14(10-12-15)6-3-2-4-13-18-16(19)7-5-8-17(20)21/h3,6,9-12H,2,4-5,7-8,13H2,1H3,(H,18,19)(H,20,21)/b6-3-. The molecular formula is C17H23NO4. The van der Waals surface area contributed by atoms with Crippen molar-refractivity contribution in [3.63, 3.8) is 0 Å². The Morgan fingerprint density at radius 1 is 1.18 bits per heavy atom. The van der Waals surface area contributed by atoms with Crippen LogP contribution >= 0.6 is 0 Å². The number of amides is 1. The third-order valence-electron chi connectivity index (χ3n) is 3.09. The summed E-state index contributed by atoms with van der Waals surface area (Å²) < 4.78 is 5.09. The number of aliphatic carboxylic acids is 1. The van der Waals surface area contributed by atoms with Crippen molar-refractivity contribution < 1.29 is 19.4 Å². The minimum absolute atomic E-state index is 0.0397. The average molecular weight is 305 g/mol. The first-order valence-corrected chi connectivity index (χ1v) is 7.41. The molecule has 0 atom stereocenters. The van der Waals surface area contributed by atoms with E-state index in [1.807, 2.05) is 30.3 Å². The Labute approximate surface area is 131 Å². The number of allylic oxidation sites excluding steroid dienone is 1. The first-order valence-electron chi connectivity index (χ1n) is 7.41. The molecule has 0 bridgehead atoms. The second-order valence-corrected chi connectivity index (χ2v) is 4.92. The van der Waals surface area contributed by atoms with Gasteiger partial charge in [-0.05, 0) is 37.0 Å². The number of ether oxygens (including phenoxy) is 1. The molecule has 0 aromatic heterocycles. The molecule has 5 nitrogen and oxygen atoms in total. The Bertz CT molecular complexity index is 494. The molecular weight excluding hydrogens is 282 g/mol. The van der Waals surface area contributed by atoms with Crippen LogP contribution in [-0.2, 0) is 9.59 Å². The molecule has 1 amide bonds. The molecule has 2 N–H and O–H groups in total. The van der Waals surface area contributed by atoms with E-state index >= 15 is 0 Å². The summed E-state index contributed by atoms with van der Waals surface area (Å²) in [7, 11) is 1.64. The van der Waals surface area contributed by atoms with E-state index in [2.05, 4.69) is 11.4 Å². The zero-order valence-electron chi connectivity index (χ0n) is 12.9. The Kier molecular flexibility index (Phi) is 8.42. The van der Waals surface area contributed by atoms with Gasteiger partial charge in [-0.25, -0.2) is 0 Å². The normalized spacial score (nSPS) is 10.6. The Balaban J connectivity index is 2.10. The van der Waals surface area contributed by atoms with E-state index in [9.17, 15) is 9.59 Å². The number of carboxylic acids is 1. The molecule has 0 radical (unpaired) electrons. The predicted octanol–water partition coefficient (Wildman–Crippen LogP) is 2.86. The van der Waals surface area contributed by atoms with Crippen molar-refractivity contribution in [1.82, 2.24) is 5.32 Å².